The normalized spacial score (nSPS) is 26.9. The lowest BCUT2D eigenvalue weighted by atomic mass is 9.95. The van der Waals surface area contributed by atoms with Gasteiger partial charge in [-0.3, -0.25) is 9.88 Å². The zero-order valence-electron chi connectivity index (χ0n) is 9.29. The van der Waals surface area contributed by atoms with E-state index < -0.39 is 6.10 Å². The highest BCUT2D eigenvalue weighted by Crippen LogP contribution is 2.18. The number of hydrogen-bond acceptors (Lipinski definition) is 4. The SMILES string of the molecule is OC[C@H]1CCN(Cc2ccccn2)C[C@H]1O. The summed E-state index contributed by atoms with van der Waals surface area (Å²) in [4.78, 5) is 6.44. The molecule has 1 fully saturated rings. The number of likely N-dealkylation sites (tertiary alicyclic amines) is 1. The summed E-state index contributed by atoms with van der Waals surface area (Å²) < 4.78 is 0. The molecular weight excluding hydrogens is 204 g/mol. The van der Waals surface area contributed by atoms with Crippen molar-refractivity contribution in [3.05, 3.63) is 30.1 Å². The van der Waals surface area contributed by atoms with Gasteiger partial charge in [-0.05, 0) is 25.1 Å². The predicted octanol–water partition coefficient (Wildman–Crippen LogP) is 0.257. The Morgan fingerprint density at radius 2 is 2.31 bits per heavy atom. The molecule has 16 heavy (non-hydrogen) atoms. The molecule has 2 heterocycles. The van der Waals surface area contributed by atoms with Gasteiger partial charge in [0.15, 0.2) is 0 Å². The first-order valence-electron chi connectivity index (χ1n) is 5.71. The van der Waals surface area contributed by atoms with Gasteiger partial charge in [0.25, 0.3) is 0 Å². The van der Waals surface area contributed by atoms with Gasteiger partial charge in [-0.25, -0.2) is 0 Å². The molecule has 0 amide bonds. The van der Waals surface area contributed by atoms with Gasteiger partial charge in [-0.1, -0.05) is 6.07 Å². The molecule has 1 aliphatic rings. The van der Waals surface area contributed by atoms with Crippen LogP contribution >= 0.6 is 0 Å². The summed E-state index contributed by atoms with van der Waals surface area (Å²) in [5.74, 6) is 0.0417. The molecule has 0 radical (unpaired) electrons. The van der Waals surface area contributed by atoms with Crippen LogP contribution in [-0.2, 0) is 6.54 Å². The maximum absolute atomic E-state index is 9.80. The molecule has 1 aromatic heterocycles. The van der Waals surface area contributed by atoms with Crippen LogP contribution in [0.2, 0.25) is 0 Å². The maximum atomic E-state index is 9.80. The summed E-state index contributed by atoms with van der Waals surface area (Å²) in [5, 5.41) is 18.8. The Hall–Kier alpha value is -0.970. The monoisotopic (exact) mass is 222 g/mol. The first-order chi connectivity index (χ1) is 7.79. The largest absolute Gasteiger partial charge is 0.396 e. The van der Waals surface area contributed by atoms with Crippen LogP contribution in [0.4, 0.5) is 0 Å². The third kappa shape index (κ3) is 2.78. The van der Waals surface area contributed by atoms with Gasteiger partial charge in [-0.15, -0.1) is 0 Å². The highest BCUT2D eigenvalue weighted by Gasteiger charge is 2.26. The summed E-state index contributed by atoms with van der Waals surface area (Å²) in [6, 6.07) is 5.86. The van der Waals surface area contributed by atoms with E-state index in [4.69, 9.17) is 5.11 Å². The molecular formula is C12H18N2O2. The van der Waals surface area contributed by atoms with Gasteiger partial charge in [0.2, 0.25) is 0 Å². The fourth-order valence-corrected chi connectivity index (χ4v) is 2.12. The molecule has 0 saturated carbocycles. The predicted molar refractivity (Wildman–Crippen MR) is 60.7 cm³/mol. The lowest BCUT2D eigenvalue weighted by molar-refractivity contribution is -0.00478. The Kier molecular flexibility index (Phi) is 3.88. The topological polar surface area (TPSA) is 56.6 Å². The van der Waals surface area contributed by atoms with Crippen molar-refractivity contribution in [2.24, 2.45) is 5.92 Å². The third-order valence-electron chi connectivity index (χ3n) is 3.15. The van der Waals surface area contributed by atoms with E-state index in [0.717, 1.165) is 25.2 Å². The van der Waals surface area contributed by atoms with Gasteiger partial charge in [-0.2, -0.15) is 0 Å². The van der Waals surface area contributed by atoms with Gasteiger partial charge >= 0.3 is 0 Å². The Balaban J connectivity index is 1.89. The summed E-state index contributed by atoms with van der Waals surface area (Å²) in [6.45, 7) is 2.40. The van der Waals surface area contributed by atoms with Crippen molar-refractivity contribution in [3.63, 3.8) is 0 Å². The second-order valence-corrected chi connectivity index (χ2v) is 4.35. The van der Waals surface area contributed by atoms with E-state index in [1.807, 2.05) is 18.2 Å². The number of aromatic nitrogens is 1. The van der Waals surface area contributed by atoms with Crippen molar-refractivity contribution >= 4 is 0 Å². The Morgan fingerprint density at radius 3 is 2.94 bits per heavy atom. The van der Waals surface area contributed by atoms with Crippen molar-refractivity contribution < 1.29 is 10.2 Å². The zero-order chi connectivity index (χ0) is 11.4. The van der Waals surface area contributed by atoms with Gasteiger partial charge < -0.3 is 10.2 Å². The highest BCUT2D eigenvalue weighted by atomic mass is 16.3. The van der Waals surface area contributed by atoms with E-state index in [1.165, 1.54) is 0 Å². The van der Waals surface area contributed by atoms with Crippen molar-refractivity contribution in [3.8, 4) is 0 Å². The van der Waals surface area contributed by atoms with E-state index in [1.54, 1.807) is 6.20 Å². The van der Waals surface area contributed by atoms with Crippen LogP contribution in [0.5, 0.6) is 0 Å². The second kappa shape index (κ2) is 5.39. The molecule has 4 heteroatoms. The number of pyridine rings is 1. The van der Waals surface area contributed by atoms with Crippen LogP contribution < -0.4 is 0 Å². The fourth-order valence-electron chi connectivity index (χ4n) is 2.12. The van der Waals surface area contributed by atoms with Crippen LogP contribution in [-0.4, -0.2) is 45.9 Å². The minimum atomic E-state index is -0.414. The van der Waals surface area contributed by atoms with Crippen LogP contribution in [0.3, 0.4) is 0 Å². The number of hydrogen-bond donors (Lipinski definition) is 2. The zero-order valence-corrected chi connectivity index (χ0v) is 9.29. The van der Waals surface area contributed by atoms with Crippen molar-refractivity contribution in [2.75, 3.05) is 19.7 Å². The van der Waals surface area contributed by atoms with Crippen LogP contribution in [0.15, 0.2) is 24.4 Å². The number of rotatable bonds is 3. The quantitative estimate of drug-likeness (QED) is 0.770. The van der Waals surface area contributed by atoms with Crippen molar-refractivity contribution in [1.29, 1.82) is 0 Å². The molecule has 0 bridgehead atoms. The van der Waals surface area contributed by atoms with Crippen molar-refractivity contribution in [2.45, 2.75) is 19.1 Å². The molecule has 88 valence electrons. The summed E-state index contributed by atoms with van der Waals surface area (Å²) in [5.41, 5.74) is 1.03. The average molecular weight is 222 g/mol. The molecule has 0 unspecified atom stereocenters. The number of nitrogens with zero attached hydrogens (tertiary/aromatic N) is 2. The van der Waals surface area contributed by atoms with Gasteiger partial charge in [0.1, 0.15) is 0 Å². The minimum absolute atomic E-state index is 0.0417. The maximum Gasteiger partial charge on any atom is 0.0717 e. The molecule has 2 rings (SSSR count). The number of aliphatic hydroxyl groups excluding tert-OH is 2. The Bertz CT molecular complexity index is 318. The van der Waals surface area contributed by atoms with Gasteiger partial charge in [0.05, 0.1) is 11.8 Å². The number of β-amino-alcohol motifs (C(OH)–C–C–N with tert-alkyl or cyclic N) is 1. The average Bonchev–Trinajstić information content (AvgIpc) is 2.31. The number of aliphatic hydroxyl groups is 2. The minimum Gasteiger partial charge on any atom is -0.396 e. The Labute approximate surface area is 95.5 Å². The van der Waals surface area contributed by atoms with Crippen LogP contribution in [0.1, 0.15) is 12.1 Å². The lowest BCUT2D eigenvalue weighted by Gasteiger charge is -2.34. The fraction of sp³-hybridized carbons (Fsp3) is 0.583. The summed E-state index contributed by atoms with van der Waals surface area (Å²) in [6.07, 6.45) is 2.22. The molecule has 0 spiro atoms. The van der Waals surface area contributed by atoms with Crippen LogP contribution in [0.25, 0.3) is 0 Å². The second-order valence-electron chi connectivity index (χ2n) is 4.35. The molecule has 0 aromatic carbocycles. The molecule has 2 N–H and O–H groups in total. The molecule has 1 aromatic rings. The third-order valence-corrected chi connectivity index (χ3v) is 3.15. The smallest absolute Gasteiger partial charge is 0.0717 e. The van der Waals surface area contributed by atoms with Gasteiger partial charge in [0, 0.05) is 31.8 Å². The first kappa shape index (κ1) is 11.5. The highest BCUT2D eigenvalue weighted by molar-refractivity contribution is 5.03. The van der Waals surface area contributed by atoms with E-state index in [-0.39, 0.29) is 12.5 Å². The molecule has 1 saturated heterocycles. The van der Waals surface area contributed by atoms with Crippen LogP contribution in [0, 0.1) is 5.92 Å². The van der Waals surface area contributed by atoms with E-state index in [2.05, 4.69) is 9.88 Å². The molecule has 4 nitrogen and oxygen atoms in total. The van der Waals surface area contributed by atoms with E-state index >= 15 is 0 Å². The molecule has 1 aliphatic heterocycles. The molecule has 2 atom stereocenters. The number of piperidine rings is 1. The van der Waals surface area contributed by atoms with E-state index in [0.29, 0.717) is 6.54 Å². The van der Waals surface area contributed by atoms with Crippen molar-refractivity contribution in [1.82, 2.24) is 9.88 Å². The Morgan fingerprint density at radius 1 is 1.44 bits per heavy atom. The summed E-state index contributed by atoms with van der Waals surface area (Å²) in [7, 11) is 0. The molecule has 0 aliphatic carbocycles. The standard InChI is InChI=1S/C12H18N2O2/c15-9-10-4-6-14(8-12(10)16)7-11-3-1-2-5-13-11/h1-3,5,10,12,15-16H,4,6-9H2/t10-,12-/m1/s1. The van der Waals surface area contributed by atoms with E-state index in [9.17, 15) is 5.11 Å². The lowest BCUT2D eigenvalue weighted by Crippen LogP contribution is -2.44. The summed E-state index contributed by atoms with van der Waals surface area (Å²) >= 11 is 0. The first-order valence-corrected chi connectivity index (χ1v) is 5.71.